The van der Waals surface area contributed by atoms with Crippen molar-refractivity contribution in [1.82, 2.24) is 10.2 Å². The number of hydrogen-bond donors (Lipinski definition) is 3. The monoisotopic (exact) mass is 285 g/mol. The van der Waals surface area contributed by atoms with Crippen LogP contribution in [0.2, 0.25) is 0 Å². The SMILES string of the molecule is CC(C)C1CCCN1C(=O)N[C@@H](CCC(N)=O)C(=O)O. The lowest BCUT2D eigenvalue weighted by molar-refractivity contribution is -0.139. The van der Waals surface area contributed by atoms with Crippen LogP contribution in [0.25, 0.3) is 0 Å². The Morgan fingerprint density at radius 2 is 2.05 bits per heavy atom. The number of nitrogens with two attached hydrogens (primary N) is 1. The molecule has 1 saturated heterocycles. The molecule has 1 fully saturated rings. The summed E-state index contributed by atoms with van der Waals surface area (Å²) in [6, 6.07) is -1.32. The van der Waals surface area contributed by atoms with E-state index >= 15 is 0 Å². The van der Waals surface area contributed by atoms with E-state index in [1.807, 2.05) is 13.8 Å². The van der Waals surface area contributed by atoms with Crippen molar-refractivity contribution in [1.29, 1.82) is 0 Å². The van der Waals surface area contributed by atoms with Gasteiger partial charge in [-0.2, -0.15) is 0 Å². The molecule has 1 unspecified atom stereocenters. The van der Waals surface area contributed by atoms with E-state index in [4.69, 9.17) is 10.8 Å². The normalized spacial score (nSPS) is 19.9. The Morgan fingerprint density at radius 1 is 1.40 bits per heavy atom. The number of nitrogens with zero attached hydrogens (tertiary/aromatic N) is 1. The summed E-state index contributed by atoms with van der Waals surface area (Å²) in [5.41, 5.74) is 5.00. The Kier molecular flexibility index (Phi) is 5.79. The molecule has 3 amide bonds. The van der Waals surface area contributed by atoms with Crippen LogP contribution >= 0.6 is 0 Å². The number of carbonyl (C=O) groups excluding carboxylic acids is 2. The maximum absolute atomic E-state index is 12.2. The smallest absolute Gasteiger partial charge is 0.326 e. The predicted molar refractivity (Wildman–Crippen MR) is 72.9 cm³/mol. The van der Waals surface area contributed by atoms with Crippen molar-refractivity contribution in [3.63, 3.8) is 0 Å². The summed E-state index contributed by atoms with van der Waals surface area (Å²) in [6.07, 6.45) is 1.81. The van der Waals surface area contributed by atoms with Crippen molar-refractivity contribution >= 4 is 17.9 Å². The van der Waals surface area contributed by atoms with E-state index < -0.39 is 17.9 Å². The zero-order chi connectivity index (χ0) is 15.3. The molecule has 114 valence electrons. The van der Waals surface area contributed by atoms with Crippen LogP contribution in [0, 0.1) is 5.92 Å². The lowest BCUT2D eigenvalue weighted by Gasteiger charge is -2.29. The minimum absolute atomic E-state index is 0.0105. The molecular weight excluding hydrogens is 262 g/mol. The van der Waals surface area contributed by atoms with Gasteiger partial charge in [0, 0.05) is 19.0 Å². The molecule has 4 N–H and O–H groups in total. The van der Waals surface area contributed by atoms with Crippen molar-refractivity contribution in [3.8, 4) is 0 Å². The molecule has 0 bridgehead atoms. The van der Waals surface area contributed by atoms with Crippen LogP contribution in [0.3, 0.4) is 0 Å². The average molecular weight is 285 g/mol. The molecule has 1 heterocycles. The lowest BCUT2D eigenvalue weighted by Crippen LogP contribution is -2.50. The first-order chi connectivity index (χ1) is 9.32. The van der Waals surface area contributed by atoms with Crippen molar-refractivity contribution in [2.75, 3.05) is 6.54 Å². The molecule has 1 aliphatic rings. The molecule has 0 aromatic heterocycles. The first-order valence-electron chi connectivity index (χ1n) is 6.91. The second kappa shape index (κ2) is 7.12. The van der Waals surface area contributed by atoms with Gasteiger partial charge in [0.05, 0.1) is 0 Å². The zero-order valence-corrected chi connectivity index (χ0v) is 12.0. The average Bonchev–Trinajstić information content (AvgIpc) is 2.82. The summed E-state index contributed by atoms with van der Waals surface area (Å²) in [5.74, 6) is -1.40. The van der Waals surface area contributed by atoms with Crippen LogP contribution in [-0.2, 0) is 9.59 Å². The number of nitrogens with one attached hydrogen (secondary N) is 1. The third-order valence-electron chi connectivity index (χ3n) is 3.60. The number of carboxylic acids is 1. The van der Waals surface area contributed by atoms with Crippen LogP contribution in [0.1, 0.15) is 39.5 Å². The number of aliphatic carboxylic acids is 1. The Hall–Kier alpha value is -1.79. The molecule has 0 aromatic carbocycles. The molecule has 7 nitrogen and oxygen atoms in total. The van der Waals surface area contributed by atoms with Gasteiger partial charge >= 0.3 is 12.0 Å². The minimum Gasteiger partial charge on any atom is -0.480 e. The quantitative estimate of drug-likeness (QED) is 0.660. The van der Waals surface area contributed by atoms with E-state index in [1.54, 1.807) is 4.90 Å². The summed E-state index contributed by atoms with van der Waals surface area (Å²) in [5, 5.41) is 11.5. The number of amides is 3. The summed E-state index contributed by atoms with van der Waals surface area (Å²) in [6.45, 7) is 4.72. The summed E-state index contributed by atoms with van der Waals surface area (Å²) < 4.78 is 0. The van der Waals surface area contributed by atoms with Crippen molar-refractivity contribution in [2.45, 2.75) is 51.6 Å². The molecule has 2 atom stereocenters. The summed E-state index contributed by atoms with van der Waals surface area (Å²) in [4.78, 5) is 35.6. The molecule has 7 heteroatoms. The van der Waals surface area contributed by atoms with Crippen LogP contribution in [0.5, 0.6) is 0 Å². The van der Waals surface area contributed by atoms with Gasteiger partial charge in [-0.3, -0.25) is 4.79 Å². The second-order valence-corrected chi connectivity index (χ2v) is 5.49. The van der Waals surface area contributed by atoms with Gasteiger partial charge in [-0.25, -0.2) is 9.59 Å². The Morgan fingerprint density at radius 3 is 2.55 bits per heavy atom. The van der Waals surface area contributed by atoms with E-state index in [-0.39, 0.29) is 24.9 Å². The highest BCUT2D eigenvalue weighted by Gasteiger charge is 2.32. The number of rotatable bonds is 6. The van der Waals surface area contributed by atoms with E-state index in [1.165, 1.54) is 0 Å². The largest absolute Gasteiger partial charge is 0.480 e. The minimum atomic E-state index is -1.15. The number of primary amides is 1. The molecule has 1 rings (SSSR count). The number of likely N-dealkylation sites (tertiary alicyclic amines) is 1. The highest BCUT2D eigenvalue weighted by molar-refractivity contribution is 5.83. The standard InChI is InChI=1S/C13H23N3O4/c1-8(2)10-4-3-7-16(10)13(20)15-9(12(18)19)5-6-11(14)17/h8-10H,3-7H2,1-2H3,(H2,14,17)(H,15,20)(H,18,19)/t9-,10?/m0/s1. The fourth-order valence-electron chi connectivity index (χ4n) is 2.51. The van der Waals surface area contributed by atoms with Gasteiger partial charge < -0.3 is 21.1 Å². The van der Waals surface area contributed by atoms with Crippen LogP contribution in [-0.4, -0.2) is 46.5 Å². The van der Waals surface area contributed by atoms with E-state index in [9.17, 15) is 14.4 Å². The van der Waals surface area contributed by atoms with Gasteiger partial charge in [-0.1, -0.05) is 13.8 Å². The fraction of sp³-hybridized carbons (Fsp3) is 0.769. The first kappa shape index (κ1) is 16.3. The summed E-state index contributed by atoms with van der Waals surface area (Å²) in [7, 11) is 0. The molecule has 0 aromatic rings. The maximum Gasteiger partial charge on any atom is 0.326 e. The number of urea groups is 1. The maximum atomic E-state index is 12.2. The Bertz CT molecular complexity index is 384. The Balaban J connectivity index is 2.61. The van der Waals surface area contributed by atoms with Crippen LogP contribution in [0.15, 0.2) is 0 Å². The van der Waals surface area contributed by atoms with E-state index in [0.717, 1.165) is 12.8 Å². The van der Waals surface area contributed by atoms with Gasteiger partial charge in [-0.15, -0.1) is 0 Å². The van der Waals surface area contributed by atoms with Crippen molar-refractivity contribution in [2.24, 2.45) is 11.7 Å². The second-order valence-electron chi connectivity index (χ2n) is 5.49. The molecular formula is C13H23N3O4. The first-order valence-corrected chi connectivity index (χ1v) is 6.91. The Labute approximate surface area is 118 Å². The van der Waals surface area contributed by atoms with Gasteiger partial charge in [0.1, 0.15) is 6.04 Å². The predicted octanol–water partition coefficient (Wildman–Crippen LogP) is 0.535. The van der Waals surface area contributed by atoms with Crippen LogP contribution in [0.4, 0.5) is 4.79 Å². The lowest BCUT2D eigenvalue weighted by atomic mass is 10.0. The molecule has 0 spiro atoms. The highest BCUT2D eigenvalue weighted by atomic mass is 16.4. The molecule has 1 aliphatic heterocycles. The molecule has 0 radical (unpaired) electrons. The highest BCUT2D eigenvalue weighted by Crippen LogP contribution is 2.23. The third-order valence-corrected chi connectivity index (χ3v) is 3.60. The van der Waals surface area contributed by atoms with Gasteiger partial charge in [0.25, 0.3) is 0 Å². The van der Waals surface area contributed by atoms with Crippen molar-refractivity contribution in [3.05, 3.63) is 0 Å². The fourth-order valence-corrected chi connectivity index (χ4v) is 2.51. The number of carbonyl (C=O) groups is 3. The third kappa shape index (κ3) is 4.40. The molecule has 0 aliphatic carbocycles. The van der Waals surface area contributed by atoms with E-state index in [0.29, 0.717) is 12.5 Å². The molecule has 0 saturated carbocycles. The topological polar surface area (TPSA) is 113 Å². The summed E-state index contributed by atoms with van der Waals surface area (Å²) >= 11 is 0. The molecule has 20 heavy (non-hydrogen) atoms. The van der Waals surface area contributed by atoms with Gasteiger partial charge in [0.2, 0.25) is 5.91 Å². The van der Waals surface area contributed by atoms with E-state index in [2.05, 4.69) is 5.32 Å². The van der Waals surface area contributed by atoms with Crippen molar-refractivity contribution < 1.29 is 19.5 Å². The number of carboxylic acid groups (broad SMARTS) is 1. The van der Waals surface area contributed by atoms with Gasteiger partial charge in [0.15, 0.2) is 0 Å². The number of hydrogen-bond acceptors (Lipinski definition) is 3. The van der Waals surface area contributed by atoms with Gasteiger partial charge in [-0.05, 0) is 25.2 Å². The zero-order valence-electron chi connectivity index (χ0n) is 12.0. The van der Waals surface area contributed by atoms with Crippen LogP contribution < -0.4 is 11.1 Å².